The molecule has 35 heavy (non-hydrogen) atoms. The minimum absolute atomic E-state index is 0.00253. The first-order valence-corrected chi connectivity index (χ1v) is 13.0. The van der Waals surface area contributed by atoms with E-state index in [2.05, 4.69) is 145 Å². The first-order chi connectivity index (χ1) is 16.3. The van der Waals surface area contributed by atoms with Gasteiger partial charge in [-0.1, -0.05) is 61.4 Å². The Bertz CT molecular complexity index is 1270. The predicted molar refractivity (Wildman–Crippen MR) is 152 cm³/mol. The molecule has 0 saturated carbocycles. The maximum absolute atomic E-state index is 2.52. The zero-order valence-electron chi connectivity index (χ0n) is 23.5. The van der Waals surface area contributed by atoms with Crippen LogP contribution < -0.4 is 4.90 Å². The molecule has 2 aromatic rings. The Hall–Kier alpha value is -2.87. The van der Waals surface area contributed by atoms with Crippen LogP contribution in [0.3, 0.4) is 0 Å². The first-order valence-electron chi connectivity index (χ1n) is 13.0. The average Bonchev–Trinajstić information content (AvgIpc) is 3.11. The highest BCUT2D eigenvalue weighted by Gasteiger charge is 2.44. The molecular formula is C33H43N2+. The summed E-state index contributed by atoms with van der Waals surface area (Å²) < 4.78 is 2.46. The summed E-state index contributed by atoms with van der Waals surface area (Å²) in [4.78, 5) is 2.52. The Morgan fingerprint density at radius 1 is 0.829 bits per heavy atom. The van der Waals surface area contributed by atoms with Gasteiger partial charge in [0, 0.05) is 40.0 Å². The number of hydrogen-bond donors (Lipinski definition) is 0. The van der Waals surface area contributed by atoms with Gasteiger partial charge in [-0.05, 0) is 79.2 Å². The van der Waals surface area contributed by atoms with E-state index >= 15 is 0 Å². The van der Waals surface area contributed by atoms with Crippen LogP contribution in [0.1, 0.15) is 77.6 Å². The average molecular weight is 468 g/mol. The van der Waals surface area contributed by atoms with Crippen molar-refractivity contribution in [2.45, 2.75) is 85.6 Å². The fourth-order valence-electron chi connectivity index (χ4n) is 5.89. The fourth-order valence-corrected chi connectivity index (χ4v) is 5.89. The van der Waals surface area contributed by atoms with Gasteiger partial charge in [0.2, 0.25) is 5.69 Å². The number of fused-ring (bicyclic) bond motifs is 2. The molecule has 0 radical (unpaired) electrons. The van der Waals surface area contributed by atoms with Gasteiger partial charge >= 0.3 is 0 Å². The zero-order valence-corrected chi connectivity index (χ0v) is 23.5. The van der Waals surface area contributed by atoms with Gasteiger partial charge in [-0.3, -0.25) is 0 Å². The number of aryl methyl sites for hydroxylation is 2. The van der Waals surface area contributed by atoms with Crippen LogP contribution in [0.4, 0.5) is 11.4 Å². The van der Waals surface area contributed by atoms with Gasteiger partial charge < -0.3 is 4.90 Å². The maximum atomic E-state index is 2.52. The zero-order chi connectivity index (χ0) is 25.8. The van der Waals surface area contributed by atoms with E-state index in [4.69, 9.17) is 0 Å². The van der Waals surface area contributed by atoms with E-state index in [-0.39, 0.29) is 16.4 Å². The van der Waals surface area contributed by atoms with Gasteiger partial charge in [0.05, 0.1) is 5.41 Å². The van der Waals surface area contributed by atoms with Gasteiger partial charge in [0.15, 0.2) is 5.71 Å². The lowest BCUT2D eigenvalue weighted by Gasteiger charge is -2.38. The molecule has 0 N–H and O–H groups in total. The van der Waals surface area contributed by atoms with Crippen molar-refractivity contribution in [1.82, 2.24) is 0 Å². The summed E-state index contributed by atoms with van der Waals surface area (Å²) in [7, 11) is 0. The van der Waals surface area contributed by atoms with Gasteiger partial charge in [-0.2, -0.15) is 4.58 Å². The lowest BCUT2D eigenvalue weighted by molar-refractivity contribution is -0.433. The van der Waals surface area contributed by atoms with Crippen LogP contribution in [0.2, 0.25) is 0 Å². The Kier molecular flexibility index (Phi) is 6.24. The molecule has 2 aliphatic heterocycles. The van der Waals surface area contributed by atoms with Gasteiger partial charge in [-0.15, -0.1) is 0 Å². The van der Waals surface area contributed by atoms with E-state index in [0.717, 1.165) is 6.54 Å². The highest BCUT2D eigenvalue weighted by Crippen LogP contribution is 2.50. The minimum Gasteiger partial charge on any atom is -0.339 e. The second kappa shape index (κ2) is 8.66. The standard InChI is InChI=1S/C33H43N2/c1-11-34-27-19-17-23(2)21-25(27)32(7,8)29(34)15-13-12-14-16-30-33(9,10)26-22-24(3)18-20-28(26)35(30)31(4,5)6/h12-22H,11H2,1-10H3/q+1. The Morgan fingerprint density at radius 3 is 2.09 bits per heavy atom. The number of hydrogen-bond acceptors (Lipinski definition) is 1. The summed E-state index contributed by atoms with van der Waals surface area (Å²) >= 11 is 0. The Morgan fingerprint density at radius 2 is 1.46 bits per heavy atom. The molecule has 2 aromatic carbocycles. The van der Waals surface area contributed by atoms with Crippen molar-refractivity contribution in [3.05, 3.63) is 94.7 Å². The molecule has 0 bridgehead atoms. The molecule has 2 heterocycles. The molecule has 2 aliphatic rings. The SMILES string of the molecule is CC[N+]1=C(/C=C/C=C/C=C2/N(C(C)(C)C)c3ccc(C)cc3C2(C)C)C(C)(C)c2cc(C)ccc21. The Labute approximate surface area is 213 Å². The summed E-state index contributed by atoms with van der Waals surface area (Å²) in [5.41, 5.74) is 10.8. The van der Waals surface area contributed by atoms with Crippen LogP contribution in [0.5, 0.6) is 0 Å². The lowest BCUT2D eigenvalue weighted by Crippen LogP contribution is -2.41. The van der Waals surface area contributed by atoms with E-state index in [1.165, 1.54) is 45.0 Å². The van der Waals surface area contributed by atoms with Crippen molar-refractivity contribution in [3.8, 4) is 0 Å². The van der Waals surface area contributed by atoms with Gasteiger partial charge in [0.1, 0.15) is 6.54 Å². The molecule has 0 spiro atoms. The van der Waals surface area contributed by atoms with Crippen molar-refractivity contribution in [1.29, 1.82) is 0 Å². The third-order valence-electron chi connectivity index (χ3n) is 7.71. The van der Waals surface area contributed by atoms with Crippen LogP contribution in [0.25, 0.3) is 0 Å². The number of rotatable bonds is 4. The smallest absolute Gasteiger partial charge is 0.209 e. The summed E-state index contributed by atoms with van der Waals surface area (Å²) in [6, 6.07) is 13.7. The third-order valence-corrected chi connectivity index (χ3v) is 7.71. The quantitative estimate of drug-likeness (QED) is 0.324. The number of nitrogens with zero attached hydrogens (tertiary/aromatic N) is 2. The summed E-state index contributed by atoms with van der Waals surface area (Å²) in [6.45, 7) is 23.9. The third kappa shape index (κ3) is 4.22. The topological polar surface area (TPSA) is 6.25 Å². The monoisotopic (exact) mass is 467 g/mol. The molecule has 0 amide bonds. The van der Waals surface area contributed by atoms with Gasteiger partial charge in [-0.25, -0.2) is 0 Å². The molecular weight excluding hydrogens is 424 g/mol. The van der Waals surface area contributed by atoms with E-state index < -0.39 is 0 Å². The highest BCUT2D eigenvalue weighted by molar-refractivity contribution is 6.03. The molecule has 0 aliphatic carbocycles. The number of benzene rings is 2. The maximum Gasteiger partial charge on any atom is 0.209 e. The van der Waals surface area contributed by atoms with E-state index in [1.807, 2.05) is 0 Å². The molecule has 2 heteroatoms. The van der Waals surface area contributed by atoms with Crippen molar-refractivity contribution < 1.29 is 4.58 Å². The second-order valence-corrected chi connectivity index (χ2v) is 12.2. The molecule has 2 nitrogen and oxygen atoms in total. The first kappa shape index (κ1) is 25.2. The lowest BCUT2D eigenvalue weighted by atomic mass is 9.81. The number of allylic oxidation sites excluding steroid dienone is 6. The van der Waals surface area contributed by atoms with Crippen molar-refractivity contribution in [2.24, 2.45) is 0 Å². The van der Waals surface area contributed by atoms with Gasteiger partial charge in [0.25, 0.3) is 0 Å². The Balaban J connectivity index is 1.66. The fraction of sp³-hybridized carbons (Fsp3) is 0.424. The molecule has 0 atom stereocenters. The minimum atomic E-state index is -0.0383. The highest BCUT2D eigenvalue weighted by atomic mass is 15.2. The largest absolute Gasteiger partial charge is 0.339 e. The van der Waals surface area contributed by atoms with Crippen LogP contribution in [0.15, 0.2) is 72.5 Å². The van der Waals surface area contributed by atoms with E-state index in [1.54, 1.807) is 0 Å². The molecule has 4 rings (SSSR count). The molecule has 184 valence electrons. The summed E-state index contributed by atoms with van der Waals surface area (Å²) in [6.07, 6.45) is 11.2. The van der Waals surface area contributed by atoms with Crippen molar-refractivity contribution in [2.75, 3.05) is 11.4 Å². The van der Waals surface area contributed by atoms with Crippen LogP contribution >= 0.6 is 0 Å². The molecule has 0 aromatic heterocycles. The number of anilines is 1. The normalized spacial score (nSPS) is 19.9. The van der Waals surface area contributed by atoms with E-state index in [9.17, 15) is 0 Å². The molecule has 0 fully saturated rings. The summed E-state index contributed by atoms with van der Waals surface area (Å²) in [5, 5.41) is 0. The van der Waals surface area contributed by atoms with Crippen LogP contribution in [-0.4, -0.2) is 22.4 Å². The van der Waals surface area contributed by atoms with Crippen LogP contribution in [-0.2, 0) is 10.8 Å². The summed E-state index contributed by atoms with van der Waals surface area (Å²) in [5.74, 6) is 0. The molecule has 0 saturated heterocycles. The molecule has 0 unspecified atom stereocenters. The predicted octanol–water partition coefficient (Wildman–Crippen LogP) is 8.29. The second-order valence-electron chi connectivity index (χ2n) is 12.2. The van der Waals surface area contributed by atoms with E-state index in [0.29, 0.717) is 0 Å². The van der Waals surface area contributed by atoms with Crippen molar-refractivity contribution >= 4 is 17.1 Å². The van der Waals surface area contributed by atoms with Crippen LogP contribution in [0, 0.1) is 13.8 Å². The van der Waals surface area contributed by atoms with Crippen molar-refractivity contribution in [3.63, 3.8) is 0 Å².